The molecule has 0 saturated heterocycles. The zero-order chi connectivity index (χ0) is 17.7. The second-order valence-electron chi connectivity index (χ2n) is 6.19. The first-order valence-corrected chi connectivity index (χ1v) is 9.38. The van der Waals surface area contributed by atoms with Gasteiger partial charge in [0, 0.05) is 19.6 Å². The average Bonchev–Trinajstić information content (AvgIpc) is 2.53. The Morgan fingerprint density at radius 3 is 2.46 bits per heavy atom. The molecule has 3 N–H and O–H groups in total. The van der Waals surface area contributed by atoms with Gasteiger partial charge in [-0.15, -0.1) is 0 Å². The van der Waals surface area contributed by atoms with Gasteiger partial charge in [-0.1, -0.05) is 26.0 Å². The lowest BCUT2D eigenvalue weighted by atomic mass is 10.1. The molecule has 2 rings (SSSR count). The number of rotatable bonds is 8. The second kappa shape index (κ2) is 7.94. The van der Waals surface area contributed by atoms with Crippen molar-refractivity contribution in [3.05, 3.63) is 36.4 Å². The minimum atomic E-state index is -3.67. The highest BCUT2D eigenvalue weighted by Crippen LogP contribution is 2.25. The number of fused-ring (bicyclic) bond motifs is 1. The van der Waals surface area contributed by atoms with Gasteiger partial charge >= 0.3 is 0 Å². The van der Waals surface area contributed by atoms with Crippen molar-refractivity contribution in [3.8, 4) is 5.75 Å². The zero-order valence-electron chi connectivity index (χ0n) is 13.9. The topological polar surface area (TPSA) is 89.9 Å². The molecule has 0 radical (unpaired) electrons. The molecule has 0 bridgehead atoms. The first-order chi connectivity index (χ1) is 11.3. The van der Waals surface area contributed by atoms with Crippen LogP contribution in [0.4, 0.5) is 0 Å². The summed E-state index contributed by atoms with van der Waals surface area (Å²) in [5, 5.41) is 19.9. The number of benzene rings is 2. The summed E-state index contributed by atoms with van der Waals surface area (Å²) in [6.07, 6.45) is 0.735. The van der Waals surface area contributed by atoms with Gasteiger partial charge in [0.15, 0.2) is 0 Å². The van der Waals surface area contributed by atoms with E-state index in [-0.39, 0.29) is 23.7 Å². The van der Waals surface area contributed by atoms with Crippen molar-refractivity contribution < 1.29 is 18.7 Å². The van der Waals surface area contributed by atoms with E-state index in [9.17, 15) is 13.5 Å². The van der Waals surface area contributed by atoms with E-state index >= 15 is 0 Å². The van der Waals surface area contributed by atoms with Crippen LogP contribution < -0.4 is 5.48 Å². The van der Waals surface area contributed by atoms with Crippen molar-refractivity contribution in [1.29, 1.82) is 0 Å². The minimum Gasteiger partial charge on any atom is -0.508 e. The van der Waals surface area contributed by atoms with Crippen LogP contribution in [-0.2, 0) is 10.0 Å². The van der Waals surface area contributed by atoms with Crippen LogP contribution in [0.2, 0.25) is 0 Å². The molecule has 6 nitrogen and oxygen atoms in total. The fraction of sp³-hybridized carbons (Fsp3) is 0.412. The predicted molar refractivity (Wildman–Crippen MR) is 93.6 cm³/mol. The number of phenols is 1. The first kappa shape index (κ1) is 18.7. The summed E-state index contributed by atoms with van der Waals surface area (Å²) in [5.41, 5.74) is 2.01. The molecule has 0 saturated carbocycles. The molecule has 2 aromatic carbocycles. The van der Waals surface area contributed by atoms with Crippen LogP contribution in [0.25, 0.3) is 10.8 Å². The third-order valence-corrected chi connectivity index (χ3v) is 5.76. The van der Waals surface area contributed by atoms with Crippen LogP contribution in [-0.4, -0.2) is 42.7 Å². The molecule has 0 atom stereocenters. The van der Waals surface area contributed by atoms with Crippen molar-refractivity contribution in [3.63, 3.8) is 0 Å². The third kappa shape index (κ3) is 4.45. The Balaban J connectivity index is 2.37. The summed E-state index contributed by atoms with van der Waals surface area (Å²) in [5.74, 6) is 0.469. The van der Waals surface area contributed by atoms with Crippen LogP contribution in [0.1, 0.15) is 20.3 Å². The number of phenolic OH excluding ortho intramolecular Hbond substituents is 1. The quantitative estimate of drug-likeness (QED) is 0.635. The Labute approximate surface area is 142 Å². The molecule has 0 fully saturated rings. The Bertz CT molecular complexity index is 790. The van der Waals surface area contributed by atoms with Gasteiger partial charge in [0.2, 0.25) is 10.0 Å². The number of hydrogen-bond acceptors (Lipinski definition) is 5. The molecule has 7 heteroatoms. The van der Waals surface area contributed by atoms with Gasteiger partial charge in [-0.05, 0) is 47.4 Å². The lowest BCUT2D eigenvalue weighted by Gasteiger charge is -2.23. The van der Waals surface area contributed by atoms with Gasteiger partial charge in [-0.3, -0.25) is 0 Å². The Morgan fingerprint density at radius 1 is 1.08 bits per heavy atom. The molecule has 132 valence electrons. The van der Waals surface area contributed by atoms with Crippen molar-refractivity contribution in [1.82, 2.24) is 9.79 Å². The Kier molecular flexibility index (Phi) is 6.17. The lowest BCUT2D eigenvalue weighted by Crippen LogP contribution is -2.37. The normalized spacial score (nSPS) is 12.4. The average molecular weight is 352 g/mol. The maximum atomic E-state index is 12.9. The third-order valence-electron chi connectivity index (χ3n) is 3.86. The molecule has 0 aliphatic heterocycles. The molecular weight excluding hydrogens is 328 g/mol. The van der Waals surface area contributed by atoms with E-state index in [1.165, 1.54) is 4.31 Å². The molecule has 0 aromatic heterocycles. The molecule has 0 spiro atoms. The van der Waals surface area contributed by atoms with Crippen molar-refractivity contribution in [2.24, 2.45) is 5.92 Å². The summed E-state index contributed by atoms with van der Waals surface area (Å²) >= 11 is 0. The number of hydrogen-bond donors (Lipinski definition) is 3. The van der Waals surface area contributed by atoms with Gasteiger partial charge < -0.3 is 10.3 Å². The van der Waals surface area contributed by atoms with Crippen molar-refractivity contribution >= 4 is 20.8 Å². The van der Waals surface area contributed by atoms with E-state index in [4.69, 9.17) is 5.21 Å². The van der Waals surface area contributed by atoms with Crippen LogP contribution in [0.15, 0.2) is 41.3 Å². The van der Waals surface area contributed by atoms with E-state index in [1.54, 1.807) is 36.4 Å². The number of sulfonamides is 1. The van der Waals surface area contributed by atoms with Crippen molar-refractivity contribution in [2.45, 2.75) is 25.2 Å². The molecular formula is C17H24N2O4S. The number of hydroxylamine groups is 1. The van der Waals surface area contributed by atoms with E-state index in [0.717, 1.165) is 11.8 Å². The minimum absolute atomic E-state index is 0.0955. The summed E-state index contributed by atoms with van der Waals surface area (Å²) in [7, 11) is -3.67. The van der Waals surface area contributed by atoms with Crippen LogP contribution in [0, 0.1) is 5.92 Å². The number of nitrogens with zero attached hydrogens (tertiary/aromatic N) is 1. The lowest BCUT2D eigenvalue weighted by molar-refractivity contribution is 0.159. The summed E-state index contributed by atoms with van der Waals surface area (Å²) in [6.45, 7) is 4.80. The van der Waals surface area contributed by atoms with Gasteiger partial charge in [0.25, 0.3) is 0 Å². The maximum absolute atomic E-state index is 12.9. The van der Waals surface area contributed by atoms with Crippen LogP contribution >= 0.6 is 0 Å². The fourth-order valence-corrected chi connectivity index (χ4v) is 3.94. The van der Waals surface area contributed by atoms with Gasteiger partial charge in [-0.2, -0.15) is 4.31 Å². The molecule has 0 aliphatic carbocycles. The monoisotopic (exact) mass is 352 g/mol. The smallest absolute Gasteiger partial charge is 0.243 e. The molecule has 2 aromatic rings. The van der Waals surface area contributed by atoms with Gasteiger partial charge in [0.05, 0.1) is 4.90 Å². The van der Waals surface area contributed by atoms with Crippen LogP contribution in [0.5, 0.6) is 5.75 Å². The van der Waals surface area contributed by atoms with E-state index in [2.05, 4.69) is 0 Å². The first-order valence-electron chi connectivity index (χ1n) is 7.94. The highest BCUT2D eigenvalue weighted by molar-refractivity contribution is 7.89. The standard InChI is InChI=1S/C17H24N2O4S/c1-13(2)7-9-19(10-8-18-21)24(22,23)17-6-4-14-3-5-16(20)11-15(14)12-17/h3-6,11-13,18,20-21H,7-10H2,1-2H3. The van der Waals surface area contributed by atoms with Crippen LogP contribution in [0.3, 0.4) is 0 Å². The second-order valence-corrected chi connectivity index (χ2v) is 8.13. The van der Waals surface area contributed by atoms with Crippen molar-refractivity contribution in [2.75, 3.05) is 19.6 Å². The number of aromatic hydroxyl groups is 1. The maximum Gasteiger partial charge on any atom is 0.243 e. The van der Waals surface area contributed by atoms with E-state index in [0.29, 0.717) is 17.8 Å². The molecule has 0 heterocycles. The summed E-state index contributed by atoms with van der Waals surface area (Å²) < 4.78 is 27.2. The molecule has 0 aliphatic rings. The number of nitrogens with one attached hydrogen (secondary N) is 1. The zero-order valence-corrected chi connectivity index (χ0v) is 14.8. The molecule has 0 amide bonds. The Morgan fingerprint density at radius 2 is 1.79 bits per heavy atom. The predicted octanol–water partition coefficient (Wildman–Crippen LogP) is 2.56. The molecule has 24 heavy (non-hydrogen) atoms. The highest BCUT2D eigenvalue weighted by atomic mass is 32.2. The van der Waals surface area contributed by atoms with Gasteiger partial charge in [-0.25, -0.2) is 13.9 Å². The van der Waals surface area contributed by atoms with Gasteiger partial charge in [0.1, 0.15) is 5.75 Å². The van der Waals surface area contributed by atoms with E-state index < -0.39 is 10.0 Å². The molecule has 0 unspecified atom stereocenters. The summed E-state index contributed by atoms with van der Waals surface area (Å²) in [4.78, 5) is 0.183. The SMILES string of the molecule is CC(C)CCN(CCNO)S(=O)(=O)c1ccc2ccc(O)cc2c1. The fourth-order valence-electron chi connectivity index (χ4n) is 2.45. The highest BCUT2D eigenvalue weighted by Gasteiger charge is 2.24. The Hall–Kier alpha value is -1.67. The largest absolute Gasteiger partial charge is 0.508 e. The van der Waals surface area contributed by atoms with E-state index in [1.807, 2.05) is 19.3 Å². The summed E-state index contributed by atoms with van der Waals surface area (Å²) in [6, 6.07) is 9.73.